The van der Waals surface area contributed by atoms with Gasteiger partial charge in [-0.25, -0.2) is 0 Å². The second kappa shape index (κ2) is 9.29. The molecule has 3 atom stereocenters. The third-order valence-electron chi connectivity index (χ3n) is 7.42. The van der Waals surface area contributed by atoms with Gasteiger partial charge >= 0.3 is 0 Å². The number of benzene rings is 2. The van der Waals surface area contributed by atoms with Crippen LogP contribution in [0.15, 0.2) is 60.7 Å². The van der Waals surface area contributed by atoms with E-state index in [1.807, 2.05) is 12.1 Å². The normalized spacial score (nSPS) is 19.4. The van der Waals surface area contributed by atoms with Gasteiger partial charge in [-0.05, 0) is 41.6 Å². The average molecular weight is 443 g/mol. The number of aromatic nitrogens is 2. The third kappa shape index (κ3) is 4.69. The fourth-order valence-electron chi connectivity index (χ4n) is 5.49. The largest absolute Gasteiger partial charge is 0.273 e. The highest BCUT2D eigenvalue weighted by Crippen LogP contribution is 2.46. The van der Waals surface area contributed by atoms with Gasteiger partial charge in [0.15, 0.2) is 0 Å². The van der Waals surface area contributed by atoms with Crippen LogP contribution in [0.5, 0.6) is 0 Å². The van der Waals surface area contributed by atoms with Crippen LogP contribution in [0.1, 0.15) is 100 Å². The van der Waals surface area contributed by atoms with E-state index in [2.05, 4.69) is 90.1 Å². The standard InChI is InChI=1S/C30H38N2O/c1-20(2)24-18-17-21(3)27-28(24)31-32(29(27)23-15-11-8-12-16-23)26(33)19-25(30(4,5)6)22-13-9-7-10-14-22/h7-16,20-21,24-25H,17-19H2,1-6H3/t21-,24+,25+/m1/s1. The summed E-state index contributed by atoms with van der Waals surface area (Å²) in [4.78, 5) is 14.0. The smallest absolute Gasteiger partial charge is 0.248 e. The van der Waals surface area contributed by atoms with Crippen molar-refractivity contribution >= 4 is 5.91 Å². The second-order valence-corrected chi connectivity index (χ2v) is 11.2. The van der Waals surface area contributed by atoms with Crippen molar-refractivity contribution in [2.24, 2.45) is 11.3 Å². The minimum absolute atomic E-state index is 0.0372. The molecule has 0 saturated carbocycles. The highest BCUT2D eigenvalue weighted by atomic mass is 16.2. The van der Waals surface area contributed by atoms with Crippen molar-refractivity contribution in [1.29, 1.82) is 0 Å². The van der Waals surface area contributed by atoms with E-state index in [1.165, 1.54) is 11.1 Å². The van der Waals surface area contributed by atoms with Crippen molar-refractivity contribution in [3.05, 3.63) is 77.5 Å². The lowest BCUT2D eigenvalue weighted by Gasteiger charge is -2.31. The number of fused-ring (bicyclic) bond motifs is 1. The molecule has 1 aromatic heterocycles. The maximum atomic E-state index is 14.0. The van der Waals surface area contributed by atoms with Gasteiger partial charge in [-0.1, -0.05) is 102 Å². The molecule has 0 amide bonds. The highest BCUT2D eigenvalue weighted by molar-refractivity contribution is 5.85. The van der Waals surface area contributed by atoms with Crippen molar-refractivity contribution < 1.29 is 4.79 Å². The Balaban J connectivity index is 1.83. The van der Waals surface area contributed by atoms with Crippen LogP contribution in [0.2, 0.25) is 0 Å². The van der Waals surface area contributed by atoms with Gasteiger partial charge in [0, 0.05) is 23.5 Å². The van der Waals surface area contributed by atoms with Gasteiger partial charge < -0.3 is 0 Å². The number of hydrogen-bond donors (Lipinski definition) is 0. The molecule has 0 N–H and O–H groups in total. The monoisotopic (exact) mass is 442 g/mol. The average Bonchev–Trinajstić information content (AvgIpc) is 3.19. The summed E-state index contributed by atoms with van der Waals surface area (Å²) in [6.07, 6.45) is 2.72. The Kier molecular flexibility index (Phi) is 6.61. The van der Waals surface area contributed by atoms with E-state index in [4.69, 9.17) is 5.10 Å². The highest BCUT2D eigenvalue weighted by Gasteiger charge is 2.36. The first-order valence-electron chi connectivity index (χ1n) is 12.4. The van der Waals surface area contributed by atoms with E-state index in [1.54, 1.807) is 4.68 Å². The molecule has 0 aliphatic heterocycles. The molecule has 3 nitrogen and oxygen atoms in total. The molecule has 2 aromatic carbocycles. The predicted octanol–water partition coefficient (Wildman–Crippen LogP) is 8.05. The first-order valence-corrected chi connectivity index (χ1v) is 12.4. The minimum atomic E-state index is -0.0372. The Morgan fingerprint density at radius 3 is 2.18 bits per heavy atom. The van der Waals surface area contributed by atoms with Gasteiger partial charge in [-0.2, -0.15) is 9.78 Å². The van der Waals surface area contributed by atoms with E-state index in [0.29, 0.717) is 24.2 Å². The summed E-state index contributed by atoms with van der Waals surface area (Å²) < 4.78 is 1.76. The molecule has 0 spiro atoms. The maximum Gasteiger partial charge on any atom is 0.248 e. The molecule has 1 heterocycles. The van der Waals surface area contributed by atoms with Crippen molar-refractivity contribution in [2.75, 3.05) is 0 Å². The summed E-state index contributed by atoms with van der Waals surface area (Å²) in [6, 6.07) is 20.8. The van der Waals surface area contributed by atoms with Crippen molar-refractivity contribution in [1.82, 2.24) is 9.78 Å². The van der Waals surface area contributed by atoms with E-state index >= 15 is 0 Å². The van der Waals surface area contributed by atoms with Gasteiger partial charge in [0.1, 0.15) is 0 Å². The molecule has 0 bridgehead atoms. The first kappa shape index (κ1) is 23.5. The quantitative estimate of drug-likeness (QED) is 0.400. The second-order valence-electron chi connectivity index (χ2n) is 11.2. The first-order chi connectivity index (χ1) is 15.7. The summed E-state index contributed by atoms with van der Waals surface area (Å²) >= 11 is 0. The van der Waals surface area contributed by atoms with Gasteiger partial charge in [0.25, 0.3) is 0 Å². The molecule has 33 heavy (non-hydrogen) atoms. The Labute approximate surface area is 199 Å². The predicted molar refractivity (Wildman–Crippen MR) is 137 cm³/mol. The van der Waals surface area contributed by atoms with Crippen LogP contribution in [0, 0.1) is 11.3 Å². The molecule has 4 rings (SSSR count). The van der Waals surface area contributed by atoms with Crippen LogP contribution in [0.25, 0.3) is 11.3 Å². The van der Waals surface area contributed by atoms with Crippen LogP contribution < -0.4 is 0 Å². The summed E-state index contributed by atoms with van der Waals surface area (Å²) in [5.41, 5.74) is 5.70. The zero-order valence-electron chi connectivity index (χ0n) is 21.0. The molecule has 0 saturated heterocycles. The number of nitrogens with zero attached hydrogens (tertiary/aromatic N) is 2. The molecule has 0 unspecified atom stereocenters. The summed E-state index contributed by atoms with van der Waals surface area (Å²) in [5.74, 6) is 1.51. The van der Waals surface area contributed by atoms with Crippen LogP contribution in [0.3, 0.4) is 0 Å². The SMILES string of the molecule is CC(C)[C@@H]1CC[C@@H](C)c2c1nn(C(=O)C[C@@H](c1ccccc1)C(C)(C)C)c2-c1ccccc1. The minimum Gasteiger partial charge on any atom is -0.273 e. The van der Waals surface area contributed by atoms with Crippen LogP contribution in [-0.2, 0) is 0 Å². The summed E-state index contributed by atoms with van der Waals surface area (Å²) in [5, 5.41) is 5.08. The molecule has 0 radical (unpaired) electrons. The molecule has 3 aromatic rings. The fraction of sp³-hybridized carbons (Fsp3) is 0.467. The molecule has 0 fully saturated rings. The Morgan fingerprint density at radius 2 is 1.61 bits per heavy atom. The van der Waals surface area contributed by atoms with Gasteiger partial charge in [-0.15, -0.1) is 0 Å². The van der Waals surface area contributed by atoms with Crippen LogP contribution in [-0.4, -0.2) is 15.7 Å². The van der Waals surface area contributed by atoms with Gasteiger partial charge in [0.2, 0.25) is 5.91 Å². The van der Waals surface area contributed by atoms with Crippen LogP contribution in [0.4, 0.5) is 0 Å². The molecular weight excluding hydrogens is 404 g/mol. The molecule has 3 heteroatoms. The Morgan fingerprint density at radius 1 is 1.00 bits per heavy atom. The molecule has 174 valence electrons. The lowest BCUT2D eigenvalue weighted by atomic mass is 9.74. The Hall–Kier alpha value is -2.68. The molecule has 1 aliphatic rings. The zero-order chi connectivity index (χ0) is 23.8. The lowest BCUT2D eigenvalue weighted by molar-refractivity contribution is 0.0854. The van der Waals surface area contributed by atoms with Crippen LogP contribution >= 0.6 is 0 Å². The summed E-state index contributed by atoms with van der Waals surface area (Å²) in [7, 11) is 0. The Bertz CT molecular complexity index is 1090. The van der Waals surface area contributed by atoms with Gasteiger partial charge in [0.05, 0.1) is 11.4 Å². The number of rotatable bonds is 5. The number of carbonyl (C=O) groups excluding carboxylic acids is 1. The van der Waals surface area contributed by atoms with Gasteiger partial charge in [-0.3, -0.25) is 4.79 Å². The fourth-order valence-corrected chi connectivity index (χ4v) is 5.49. The van der Waals surface area contributed by atoms with Crippen molar-refractivity contribution in [3.63, 3.8) is 0 Å². The van der Waals surface area contributed by atoms with E-state index in [0.717, 1.165) is 29.8 Å². The number of carbonyl (C=O) groups is 1. The van der Waals surface area contributed by atoms with Crippen molar-refractivity contribution in [2.45, 2.75) is 78.6 Å². The molecular formula is C30H38N2O. The van der Waals surface area contributed by atoms with E-state index in [9.17, 15) is 4.79 Å². The molecule has 1 aliphatic carbocycles. The third-order valence-corrected chi connectivity index (χ3v) is 7.42. The number of hydrogen-bond acceptors (Lipinski definition) is 2. The topological polar surface area (TPSA) is 34.9 Å². The van der Waals surface area contributed by atoms with E-state index < -0.39 is 0 Å². The lowest BCUT2D eigenvalue weighted by Crippen LogP contribution is -2.25. The summed E-state index contributed by atoms with van der Waals surface area (Å²) in [6.45, 7) is 13.5. The maximum absolute atomic E-state index is 14.0. The van der Waals surface area contributed by atoms with Crippen molar-refractivity contribution in [3.8, 4) is 11.3 Å². The van der Waals surface area contributed by atoms with E-state index in [-0.39, 0.29) is 17.2 Å². The zero-order valence-corrected chi connectivity index (χ0v) is 21.0.